The van der Waals surface area contributed by atoms with Gasteiger partial charge in [0.05, 0.1) is 22.4 Å². The Bertz CT molecular complexity index is 1430. The number of hydrogen-bond donors (Lipinski definition) is 0. The van der Waals surface area contributed by atoms with Crippen LogP contribution in [-0.2, 0) is 9.47 Å². The summed E-state index contributed by atoms with van der Waals surface area (Å²) in [7, 11) is 3.63. The van der Waals surface area contributed by atoms with E-state index in [9.17, 15) is 4.79 Å². The van der Waals surface area contributed by atoms with Crippen molar-refractivity contribution in [1.82, 2.24) is 29.6 Å². The predicted molar refractivity (Wildman–Crippen MR) is 150 cm³/mol. The number of methoxy groups -OCH3 is 1. The zero-order chi connectivity index (χ0) is 27.6. The maximum absolute atomic E-state index is 12.4. The van der Waals surface area contributed by atoms with Crippen LogP contribution in [0.3, 0.4) is 0 Å². The predicted octanol–water partition coefficient (Wildman–Crippen LogP) is 4.76. The molecule has 0 bridgehead atoms. The zero-order valence-electron chi connectivity index (χ0n) is 22.8. The van der Waals surface area contributed by atoms with E-state index in [1.54, 1.807) is 35.9 Å². The molecular formula is C27H33N7O4S. The topological polar surface area (TPSA) is 108 Å². The molecule has 1 saturated heterocycles. The van der Waals surface area contributed by atoms with E-state index >= 15 is 0 Å². The van der Waals surface area contributed by atoms with Crippen LogP contribution in [0, 0.1) is 0 Å². The lowest BCUT2D eigenvalue weighted by atomic mass is 10.0. The van der Waals surface area contributed by atoms with Gasteiger partial charge in [0.15, 0.2) is 17.6 Å². The van der Waals surface area contributed by atoms with E-state index in [-0.39, 0.29) is 18.9 Å². The largest absolute Gasteiger partial charge is 0.467 e. The number of piperidine rings is 1. The molecule has 206 valence electrons. The number of hydrogen-bond acceptors (Lipinski definition) is 10. The summed E-state index contributed by atoms with van der Waals surface area (Å²) < 4.78 is 19.4. The Balaban J connectivity index is 1.33. The Kier molecular flexibility index (Phi) is 7.67. The maximum Gasteiger partial charge on any atom is 0.410 e. The smallest absolute Gasteiger partial charge is 0.410 e. The molecule has 1 aliphatic rings. The number of imidazole rings is 1. The van der Waals surface area contributed by atoms with Crippen molar-refractivity contribution in [3.63, 3.8) is 0 Å². The summed E-state index contributed by atoms with van der Waals surface area (Å²) in [4.78, 5) is 25.3. The summed E-state index contributed by atoms with van der Waals surface area (Å²) in [6.45, 7) is 7.07. The van der Waals surface area contributed by atoms with E-state index in [1.165, 1.54) is 0 Å². The van der Waals surface area contributed by atoms with Gasteiger partial charge >= 0.3 is 6.09 Å². The van der Waals surface area contributed by atoms with Crippen molar-refractivity contribution in [3.8, 4) is 22.7 Å². The summed E-state index contributed by atoms with van der Waals surface area (Å²) >= 11 is 1.58. The maximum atomic E-state index is 12.4. The zero-order valence-corrected chi connectivity index (χ0v) is 23.6. The minimum Gasteiger partial charge on any atom is -0.467 e. The summed E-state index contributed by atoms with van der Waals surface area (Å²) in [5.74, 6) is 0.635. The molecule has 1 fully saturated rings. The Morgan fingerprint density at radius 2 is 1.97 bits per heavy atom. The number of aromatic nitrogens is 5. The van der Waals surface area contributed by atoms with Crippen molar-refractivity contribution in [2.75, 3.05) is 38.9 Å². The van der Waals surface area contributed by atoms with Gasteiger partial charge in [0.2, 0.25) is 0 Å². The highest BCUT2D eigenvalue weighted by molar-refractivity contribution is 7.22. The van der Waals surface area contributed by atoms with Crippen LogP contribution >= 0.6 is 11.3 Å². The summed E-state index contributed by atoms with van der Waals surface area (Å²) in [5, 5.41) is 9.75. The number of fused-ring (bicyclic) bond motifs is 1. The van der Waals surface area contributed by atoms with Gasteiger partial charge in [-0.25, -0.2) is 9.78 Å². The Morgan fingerprint density at radius 1 is 1.18 bits per heavy atom. The van der Waals surface area contributed by atoms with E-state index in [0.717, 1.165) is 33.9 Å². The van der Waals surface area contributed by atoms with Crippen LogP contribution in [0.15, 0.2) is 43.0 Å². The van der Waals surface area contributed by atoms with Gasteiger partial charge < -0.3 is 28.6 Å². The molecule has 1 aromatic carbocycles. The molecule has 0 spiro atoms. The molecule has 0 saturated carbocycles. The van der Waals surface area contributed by atoms with Crippen LogP contribution in [0.2, 0.25) is 0 Å². The molecule has 0 atom stereocenters. The average Bonchev–Trinajstić information content (AvgIpc) is 3.60. The Morgan fingerprint density at radius 3 is 2.67 bits per heavy atom. The number of carbonyl (C=O) groups excluding carboxylic acids is 1. The third kappa shape index (κ3) is 6.12. The molecule has 0 N–H and O–H groups in total. The van der Waals surface area contributed by atoms with E-state index in [2.05, 4.69) is 20.1 Å². The van der Waals surface area contributed by atoms with Crippen molar-refractivity contribution in [1.29, 1.82) is 0 Å². The number of benzene rings is 1. The molecule has 0 aliphatic carbocycles. The number of nitrogens with zero attached hydrogens (tertiary/aromatic N) is 7. The Hall–Kier alpha value is -3.77. The molecule has 11 nitrogen and oxygen atoms in total. The molecular weight excluding hydrogens is 518 g/mol. The lowest BCUT2D eigenvalue weighted by Crippen LogP contribution is -2.47. The van der Waals surface area contributed by atoms with Crippen LogP contribution in [0.4, 0.5) is 9.93 Å². The van der Waals surface area contributed by atoms with Gasteiger partial charge in [-0.15, -0.1) is 10.2 Å². The first kappa shape index (κ1) is 26.8. The van der Waals surface area contributed by atoms with Crippen molar-refractivity contribution in [3.05, 3.63) is 43.0 Å². The summed E-state index contributed by atoms with van der Waals surface area (Å²) in [6, 6.07) is 8.13. The van der Waals surface area contributed by atoms with Crippen LogP contribution in [0.25, 0.3) is 27.3 Å². The summed E-state index contributed by atoms with van der Waals surface area (Å²) in [5.41, 5.74) is 2.52. The number of thiazole rings is 1. The van der Waals surface area contributed by atoms with E-state index in [4.69, 9.17) is 19.2 Å². The number of carbonyl (C=O) groups is 1. The number of likely N-dealkylation sites (tertiary alicyclic amines) is 1. The highest BCUT2D eigenvalue weighted by Gasteiger charge is 2.29. The van der Waals surface area contributed by atoms with Crippen molar-refractivity contribution in [2.45, 2.75) is 45.3 Å². The van der Waals surface area contributed by atoms with E-state index in [0.29, 0.717) is 30.2 Å². The van der Waals surface area contributed by atoms with Crippen molar-refractivity contribution < 1.29 is 19.0 Å². The van der Waals surface area contributed by atoms with Gasteiger partial charge in [-0.3, -0.25) is 0 Å². The normalized spacial score (nSPS) is 14.5. The molecule has 39 heavy (non-hydrogen) atoms. The monoisotopic (exact) mass is 551 g/mol. The fourth-order valence-corrected chi connectivity index (χ4v) is 5.44. The third-order valence-corrected chi connectivity index (χ3v) is 7.57. The first-order valence-electron chi connectivity index (χ1n) is 12.8. The first-order chi connectivity index (χ1) is 18.7. The molecule has 0 unspecified atom stereocenters. The van der Waals surface area contributed by atoms with Crippen LogP contribution in [0.5, 0.6) is 5.75 Å². The van der Waals surface area contributed by atoms with E-state index < -0.39 is 5.60 Å². The average molecular weight is 552 g/mol. The van der Waals surface area contributed by atoms with Gasteiger partial charge in [0.25, 0.3) is 0 Å². The van der Waals surface area contributed by atoms with Gasteiger partial charge in [-0.05, 0) is 51.8 Å². The second kappa shape index (κ2) is 11.1. The lowest BCUT2D eigenvalue weighted by Gasteiger charge is -2.37. The molecule has 3 aromatic heterocycles. The van der Waals surface area contributed by atoms with E-state index in [1.807, 2.05) is 62.8 Å². The second-order valence-electron chi connectivity index (χ2n) is 10.4. The number of anilines is 1. The summed E-state index contributed by atoms with van der Waals surface area (Å²) in [6.07, 6.45) is 6.76. The van der Waals surface area contributed by atoms with Crippen LogP contribution in [-0.4, -0.2) is 81.4 Å². The molecule has 0 radical (unpaired) electrons. The molecule has 4 heterocycles. The fraction of sp³-hybridized carbons (Fsp3) is 0.444. The lowest BCUT2D eigenvalue weighted by molar-refractivity contribution is 0.0205. The Labute approximate surface area is 231 Å². The van der Waals surface area contributed by atoms with Crippen LogP contribution < -0.4 is 9.64 Å². The van der Waals surface area contributed by atoms with Crippen molar-refractivity contribution >= 4 is 32.9 Å². The first-order valence-corrected chi connectivity index (χ1v) is 13.6. The fourth-order valence-electron chi connectivity index (χ4n) is 4.47. The molecule has 4 aromatic rings. The number of rotatable bonds is 7. The number of ether oxygens (including phenoxy) is 3. The van der Waals surface area contributed by atoms with Gasteiger partial charge in [-0.2, -0.15) is 4.98 Å². The number of amides is 1. The molecule has 1 amide bonds. The minimum atomic E-state index is -0.496. The van der Waals surface area contributed by atoms with Gasteiger partial charge in [0, 0.05) is 57.3 Å². The minimum absolute atomic E-state index is 0.109. The standard InChI is InChI=1S/C27H33N7O4S/c1-27(2,3)38-26(35)33-11-8-18(9-12-33)32(4)25-29-24-23(39-25)15-21(30-31-24)20-7-6-19(34-13-10-28-16-34)14-22(20)37-17-36-5/h6-7,10,13-16,18H,8-9,11-12,17H2,1-5H3. The van der Waals surface area contributed by atoms with Crippen molar-refractivity contribution in [2.24, 2.45) is 0 Å². The highest BCUT2D eigenvalue weighted by Crippen LogP contribution is 2.35. The quantitative estimate of drug-likeness (QED) is 0.301. The molecule has 12 heteroatoms. The van der Waals surface area contributed by atoms with Gasteiger partial charge in [0.1, 0.15) is 11.4 Å². The molecule has 1 aliphatic heterocycles. The van der Waals surface area contributed by atoms with Gasteiger partial charge in [-0.1, -0.05) is 11.3 Å². The highest BCUT2D eigenvalue weighted by atomic mass is 32.1. The SMILES string of the molecule is COCOc1cc(-n2ccnc2)ccc1-c1cc2sc(N(C)C3CCN(C(=O)OC(C)(C)C)CC3)nc2nn1. The second-order valence-corrected chi connectivity index (χ2v) is 11.4. The third-order valence-electron chi connectivity index (χ3n) is 6.49. The molecule has 5 rings (SSSR count). The van der Waals surface area contributed by atoms with Crippen LogP contribution in [0.1, 0.15) is 33.6 Å².